The maximum Gasteiger partial charge on any atom is 0.303 e. The molecular weight excluding hydrogens is 228 g/mol. The van der Waals surface area contributed by atoms with Crippen molar-refractivity contribution in [3.05, 3.63) is 41.7 Å². The molecule has 0 spiro atoms. The molecule has 94 valence electrons. The molecule has 4 nitrogen and oxygen atoms in total. The summed E-state index contributed by atoms with van der Waals surface area (Å²) in [5, 5.41) is 12.8. The summed E-state index contributed by atoms with van der Waals surface area (Å²) in [6.45, 7) is 2.01. The van der Waals surface area contributed by atoms with Crippen LogP contribution in [0.25, 0.3) is 11.1 Å². The van der Waals surface area contributed by atoms with E-state index in [-0.39, 0.29) is 6.42 Å². The number of nitrogens with zero attached hydrogens (tertiary/aromatic N) is 2. The van der Waals surface area contributed by atoms with E-state index in [2.05, 4.69) is 11.2 Å². The minimum atomic E-state index is -0.759. The number of aliphatic carboxylic acids is 1. The molecule has 0 atom stereocenters. The third-order valence-electron chi connectivity index (χ3n) is 2.99. The highest BCUT2D eigenvalue weighted by molar-refractivity contribution is 5.67. The molecule has 2 aromatic rings. The number of benzene rings is 1. The van der Waals surface area contributed by atoms with Gasteiger partial charge in [0.1, 0.15) is 0 Å². The third kappa shape index (κ3) is 2.77. The Kier molecular flexibility index (Phi) is 3.46. The highest BCUT2D eigenvalue weighted by atomic mass is 16.4. The first kappa shape index (κ1) is 12.4. The Balaban J connectivity index is 2.22. The van der Waals surface area contributed by atoms with Crippen LogP contribution in [0.4, 0.5) is 0 Å². The van der Waals surface area contributed by atoms with E-state index in [9.17, 15) is 4.79 Å². The van der Waals surface area contributed by atoms with Gasteiger partial charge in [-0.25, -0.2) is 0 Å². The molecule has 0 aliphatic heterocycles. The van der Waals surface area contributed by atoms with E-state index < -0.39 is 5.97 Å². The Morgan fingerprint density at radius 1 is 1.39 bits per heavy atom. The van der Waals surface area contributed by atoms with Crippen molar-refractivity contribution in [3.8, 4) is 11.1 Å². The van der Waals surface area contributed by atoms with Gasteiger partial charge >= 0.3 is 5.97 Å². The van der Waals surface area contributed by atoms with Crippen LogP contribution in [0.15, 0.2) is 30.6 Å². The largest absolute Gasteiger partial charge is 0.481 e. The third-order valence-corrected chi connectivity index (χ3v) is 2.99. The molecule has 0 saturated carbocycles. The number of aromatic nitrogens is 2. The second kappa shape index (κ2) is 5.04. The van der Waals surface area contributed by atoms with Crippen LogP contribution in [0.1, 0.15) is 17.5 Å². The maximum absolute atomic E-state index is 10.6. The lowest BCUT2D eigenvalue weighted by Gasteiger charge is -2.06. The highest BCUT2D eigenvalue weighted by Crippen LogP contribution is 2.22. The molecule has 1 aromatic carbocycles. The molecule has 1 heterocycles. The number of hydrogen-bond donors (Lipinski definition) is 1. The first-order valence-electron chi connectivity index (χ1n) is 5.86. The van der Waals surface area contributed by atoms with Crippen molar-refractivity contribution >= 4 is 5.97 Å². The van der Waals surface area contributed by atoms with Crippen LogP contribution in [0.2, 0.25) is 0 Å². The number of carboxylic acid groups (broad SMARTS) is 1. The number of hydrogen-bond acceptors (Lipinski definition) is 2. The van der Waals surface area contributed by atoms with Gasteiger partial charge < -0.3 is 5.11 Å². The molecule has 0 aliphatic rings. The van der Waals surface area contributed by atoms with Gasteiger partial charge in [-0.1, -0.05) is 18.2 Å². The molecule has 2 rings (SSSR count). The predicted octanol–water partition coefficient (Wildman–Crippen LogP) is 2.41. The second-order valence-corrected chi connectivity index (χ2v) is 4.44. The Bertz CT molecular complexity index is 573. The Morgan fingerprint density at radius 3 is 2.72 bits per heavy atom. The van der Waals surface area contributed by atoms with Crippen molar-refractivity contribution in [2.24, 2.45) is 7.05 Å². The standard InChI is InChI=1S/C14H16N2O2/c1-10-7-12(13-8-15-16(2)9-13)4-3-11(10)5-6-14(17)18/h3-4,7-9H,5-6H2,1-2H3,(H,17,18). The van der Waals surface area contributed by atoms with E-state index in [1.54, 1.807) is 4.68 Å². The van der Waals surface area contributed by atoms with Crippen molar-refractivity contribution < 1.29 is 9.90 Å². The van der Waals surface area contributed by atoms with Gasteiger partial charge in [-0.3, -0.25) is 9.48 Å². The summed E-state index contributed by atoms with van der Waals surface area (Å²) in [4.78, 5) is 10.6. The van der Waals surface area contributed by atoms with Crippen molar-refractivity contribution in [1.82, 2.24) is 9.78 Å². The van der Waals surface area contributed by atoms with Crippen LogP contribution in [0.3, 0.4) is 0 Å². The quantitative estimate of drug-likeness (QED) is 0.898. The first-order chi connectivity index (χ1) is 8.56. The molecule has 18 heavy (non-hydrogen) atoms. The predicted molar refractivity (Wildman–Crippen MR) is 69.3 cm³/mol. The smallest absolute Gasteiger partial charge is 0.303 e. The fourth-order valence-electron chi connectivity index (χ4n) is 1.97. The summed E-state index contributed by atoms with van der Waals surface area (Å²) in [6, 6.07) is 6.09. The van der Waals surface area contributed by atoms with E-state index in [1.807, 2.05) is 38.5 Å². The Labute approximate surface area is 106 Å². The molecule has 0 unspecified atom stereocenters. The van der Waals surface area contributed by atoms with Crippen molar-refractivity contribution in [1.29, 1.82) is 0 Å². The summed E-state index contributed by atoms with van der Waals surface area (Å²) >= 11 is 0. The molecule has 0 bridgehead atoms. The molecule has 0 aliphatic carbocycles. The number of aryl methyl sites for hydroxylation is 3. The van der Waals surface area contributed by atoms with Crippen molar-refractivity contribution in [3.63, 3.8) is 0 Å². The summed E-state index contributed by atoms with van der Waals surface area (Å²) < 4.78 is 1.77. The van der Waals surface area contributed by atoms with Gasteiger partial charge in [0.15, 0.2) is 0 Å². The fraction of sp³-hybridized carbons (Fsp3) is 0.286. The molecular formula is C14H16N2O2. The summed E-state index contributed by atoms with van der Waals surface area (Å²) in [7, 11) is 1.89. The van der Waals surface area contributed by atoms with Gasteiger partial charge in [0.25, 0.3) is 0 Å². The lowest BCUT2D eigenvalue weighted by atomic mass is 9.99. The molecule has 0 amide bonds. The van der Waals surface area contributed by atoms with Crippen molar-refractivity contribution in [2.75, 3.05) is 0 Å². The van der Waals surface area contributed by atoms with Crippen LogP contribution < -0.4 is 0 Å². The summed E-state index contributed by atoms with van der Waals surface area (Å²) in [5.74, 6) is -0.759. The SMILES string of the molecule is Cc1cc(-c2cnn(C)c2)ccc1CCC(=O)O. The summed E-state index contributed by atoms with van der Waals surface area (Å²) in [5.41, 5.74) is 4.40. The van der Waals surface area contributed by atoms with Gasteiger partial charge in [-0.05, 0) is 30.0 Å². The van der Waals surface area contributed by atoms with Gasteiger partial charge in [-0.2, -0.15) is 5.10 Å². The molecule has 0 radical (unpaired) electrons. The van der Waals surface area contributed by atoms with Crippen LogP contribution >= 0.6 is 0 Å². The lowest BCUT2D eigenvalue weighted by molar-refractivity contribution is -0.136. The van der Waals surface area contributed by atoms with E-state index >= 15 is 0 Å². The van der Waals surface area contributed by atoms with E-state index in [0.717, 1.165) is 22.3 Å². The van der Waals surface area contributed by atoms with Crippen molar-refractivity contribution in [2.45, 2.75) is 19.8 Å². The van der Waals surface area contributed by atoms with E-state index in [0.29, 0.717) is 6.42 Å². The van der Waals surface area contributed by atoms with Gasteiger partial charge in [0.05, 0.1) is 6.20 Å². The van der Waals surface area contributed by atoms with Gasteiger partial charge in [0.2, 0.25) is 0 Å². The first-order valence-corrected chi connectivity index (χ1v) is 5.86. The van der Waals surface area contributed by atoms with Crippen LogP contribution in [-0.4, -0.2) is 20.9 Å². The average Bonchev–Trinajstić information content (AvgIpc) is 2.74. The van der Waals surface area contributed by atoms with Crippen LogP contribution in [0, 0.1) is 6.92 Å². The zero-order valence-corrected chi connectivity index (χ0v) is 10.6. The van der Waals surface area contributed by atoms with Gasteiger partial charge in [0, 0.05) is 25.2 Å². The molecule has 0 saturated heterocycles. The molecule has 0 fully saturated rings. The van der Waals surface area contributed by atoms with E-state index in [1.165, 1.54) is 0 Å². The number of rotatable bonds is 4. The second-order valence-electron chi connectivity index (χ2n) is 4.44. The average molecular weight is 244 g/mol. The zero-order valence-electron chi connectivity index (χ0n) is 10.6. The minimum absolute atomic E-state index is 0.174. The van der Waals surface area contributed by atoms with Crippen LogP contribution in [0.5, 0.6) is 0 Å². The number of carboxylic acids is 1. The fourth-order valence-corrected chi connectivity index (χ4v) is 1.97. The Hall–Kier alpha value is -2.10. The lowest BCUT2D eigenvalue weighted by Crippen LogP contribution is -1.99. The normalized spacial score (nSPS) is 10.6. The monoisotopic (exact) mass is 244 g/mol. The zero-order chi connectivity index (χ0) is 13.1. The maximum atomic E-state index is 10.6. The van der Waals surface area contributed by atoms with Gasteiger partial charge in [-0.15, -0.1) is 0 Å². The Morgan fingerprint density at radius 2 is 2.17 bits per heavy atom. The number of carbonyl (C=O) groups is 1. The topological polar surface area (TPSA) is 55.1 Å². The van der Waals surface area contributed by atoms with E-state index in [4.69, 9.17) is 5.11 Å². The van der Waals surface area contributed by atoms with Crippen LogP contribution in [-0.2, 0) is 18.3 Å². The summed E-state index contributed by atoms with van der Waals surface area (Å²) in [6.07, 6.45) is 4.54. The molecule has 1 N–H and O–H groups in total. The molecule has 4 heteroatoms. The molecule has 1 aromatic heterocycles. The minimum Gasteiger partial charge on any atom is -0.481 e. The highest BCUT2D eigenvalue weighted by Gasteiger charge is 2.05.